The highest BCUT2D eigenvalue weighted by atomic mass is 127. The van der Waals surface area contributed by atoms with Crippen LogP contribution in [-0.4, -0.2) is 53.1 Å². The van der Waals surface area contributed by atoms with Gasteiger partial charge in [-0.1, -0.05) is 0 Å². The molecule has 0 unspecified atom stereocenters. The van der Waals surface area contributed by atoms with Crippen molar-refractivity contribution < 1.29 is 9.53 Å². The number of aromatic nitrogens is 2. The van der Waals surface area contributed by atoms with E-state index >= 15 is 0 Å². The number of aryl methyl sites for hydroxylation is 1. The van der Waals surface area contributed by atoms with E-state index in [0.29, 0.717) is 6.04 Å². The summed E-state index contributed by atoms with van der Waals surface area (Å²) in [6.45, 7) is 9.21. The SMILES string of the molecule is CN=C(NCCn1cc(C)cn1)NC1CCC(NC(=O)OC(C)(C)C)CC1.I. The van der Waals surface area contributed by atoms with Gasteiger partial charge in [0.1, 0.15) is 5.60 Å². The summed E-state index contributed by atoms with van der Waals surface area (Å²) in [5.74, 6) is 0.808. The van der Waals surface area contributed by atoms with Gasteiger partial charge in [0.05, 0.1) is 12.7 Å². The molecule has 1 aromatic rings. The molecular weight excluding hydrogens is 471 g/mol. The van der Waals surface area contributed by atoms with Crippen molar-refractivity contribution >= 4 is 36.0 Å². The molecule has 1 heterocycles. The van der Waals surface area contributed by atoms with Gasteiger partial charge < -0.3 is 20.7 Å². The average Bonchev–Trinajstić information content (AvgIpc) is 2.99. The summed E-state index contributed by atoms with van der Waals surface area (Å²) in [7, 11) is 1.78. The molecule has 1 amide bonds. The predicted molar refractivity (Wildman–Crippen MR) is 122 cm³/mol. The van der Waals surface area contributed by atoms with Crippen LogP contribution in [0.2, 0.25) is 0 Å². The van der Waals surface area contributed by atoms with Crippen LogP contribution in [0.5, 0.6) is 0 Å². The normalized spacial score (nSPS) is 20.1. The number of hydrogen-bond donors (Lipinski definition) is 3. The maximum atomic E-state index is 11.9. The molecule has 1 aliphatic carbocycles. The molecule has 1 aliphatic rings. The van der Waals surface area contributed by atoms with E-state index in [-0.39, 0.29) is 36.1 Å². The molecule has 0 aromatic carbocycles. The number of carbonyl (C=O) groups excluding carboxylic acids is 1. The zero-order valence-corrected chi connectivity index (χ0v) is 19.9. The minimum atomic E-state index is -0.462. The molecule has 8 nitrogen and oxygen atoms in total. The first-order valence-corrected chi connectivity index (χ1v) is 9.71. The molecule has 2 rings (SSSR count). The van der Waals surface area contributed by atoms with Crippen molar-refractivity contribution in [3.05, 3.63) is 18.0 Å². The van der Waals surface area contributed by atoms with Gasteiger partial charge in [-0.2, -0.15) is 5.10 Å². The number of rotatable bonds is 5. The highest BCUT2D eigenvalue weighted by Crippen LogP contribution is 2.19. The van der Waals surface area contributed by atoms with Crippen LogP contribution in [-0.2, 0) is 11.3 Å². The summed E-state index contributed by atoms with van der Waals surface area (Å²) < 4.78 is 7.25. The van der Waals surface area contributed by atoms with Gasteiger partial charge in [-0.25, -0.2) is 4.79 Å². The topological polar surface area (TPSA) is 92.6 Å². The minimum absolute atomic E-state index is 0. The molecule has 0 bridgehead atoms. The molecule has 0 saturated heterocycles. The van der Waals surface area contributed by atoms with Gasteiger partial charge >= 0.3 is 6.09 Å². The van der Waals surface area contributed by atoms with Gasteiger partial charge in [0.2, 0.25) is 0 Å². The Kier molecular flexibility index (Phi) is 10.0. The van der Waals surface area contributed by atoms with Crippen LogP contribution in [0.1, 0.15) is 52.0 Å². The third kappa shape index (κ3) is 9.11. The first kappa shape index (κ1) is 24.5. The standard InChI is InChI=1S/C19H34N6O2.HI/c1-14-12-22-25(13-14)11-10-21-17(20-5)23-15-6-8-16(9-7-15)24-18(26)27-19(2,3)4;/h12-13,15-16H,6-11H2,1-5H3,(H,24,26)(H2,20,21,23);1H. The molecule has 1 fully saturated rings. The largest absolute Gasteiger partial charge is 0.444 e. The van der Waals surface area contributed by atoms with E-state index in [1.54, 1.807) is 7.05 Å². The molecule has 9 heteroatoms. The van der Waals surface area contributed by atoms with E-state index in [2.05, 4.69) is 26.0 Å². The first-order valence-electron chi connectivity index (χ1n) is 9.71. The molecule has 0 aliphatic heterocycles. The lowest BCUT2D eigenvalue weighted by atomic mass is 9.91. The summed E-state index contributed by atoms with van der Waals surface area (Å²) in [5.41, 5.74) is 0.699. The highest BCUT2D eigenvalue weighted by molar-refractivity contribution is 14.0. The summed E-state index contributed by atoms with van der Waals surface area (Å²) in [5, 5.41) is 14.1. The van der Waals surface area contributed by atoms with E-state index in [0.717, 1.165) is 50.3 Å². The summed E-state index contributed by atoms with van der Waals surface area (Å²) in [4.78, 5) is 16.2. The molecule has 0 radical (unpaired) electrons. The fraction of sp³-hybridized carbons (Fsp3) is 0.737. The van der Waals surface area contributed by atoms with Gasteiger partial charge in [-0.15, -0.1) is 24.0 Å². The second-order valence-electron chi connectivity index (χ2n) is 8.12. The van der Waals surface area contributed by atoms with Crippen molar-refractivity contribution in [2.45, 2.75) is 77.6 Å². The van der Waals surface area contributed by atoms with Crippen LogP contribution >= 0.6 is 24.0 Å². The Morgan fingerprint density at radius 3 is 2.36 bits per heavy atom. The Balaban J connectivity index is 0.00000392. The van der Waals surface area contributed by atoms with Crippen molar-refractivity contribution in [2.75, 3.05) is 13.6 Å². The molecule has 1 aromatic heterocycles. The number of ether oxygens (including phenoxy) is 1. The fourth-order valence-corrected chi connectivity index (χ4v) is 3.12. The monoisotopic (exact) mass is 506 g/mol. The number of alkyl carbamates (subject to hydrolysis) is 1. The summed E-state index contributed by atoms with van der Waals surface area (Å²) >= 11 is 0. The van der Waals surface area contributed by atoms with Gasteiger partial charge in [-0.05, 0) is 58.9 Å². The van der Waals surface area contributed by atoms with Gasteiger partial charge in [0, 0.05) is 31.9 Å². The number of hydrogen-bond acceptors (Lipinski definition) is 4. The number of halogens is 1. The van der Waals surface area contributed by atoms with Crippen molar-refractivity contribution in [3.8, 4) is 0 Å². The third-order valence-corrected chi connectivity index (χ3v) is 4.41. The average molecular weight is 506 g/mol. The Labute approximate surface area is 185 Å². The van der Waals surface area contributed by atoms with Crippen molar-refractivity contribution in [1.29, 1.82) is 0 Å². The zero-order chi connectivity index (χ0) is 19.9. The van der Waals surface area contributed by atoms with Crippen molar-refractivity contribution in [1.82, 2.24) is 25.7 Å². The van der Waals surface area contributed by atoms with Crippen LogP contribution < -0.4 is 16.0 Å². The maximum Gasteiger partial charge on any atom is 0.407 e. The van der Waals surface area contributed by atoms with Crippen LogP contribution in [0.15, 0.2) is 17.4 Å². The molecule has 0 atom stereocenters. The number of aliphatic imine (C=N–C) groups is 1. The van der Waals surface area contributed by atoms with Crippen molar-refractivity contribution in [2.24, 2.45) is 4.99 Å². The van der Waals surface area contributed by atoms with Crippen molar-refractivity contribution in [3.63, 3.8) is 0 Å². The number of amides is 1. The van der Waals surface area contributed by atoms with Gasteiger partial charge in [0.15, 0.2) is 5.96 Å². The van der Waals surface area contributed by atoms with Crippen LogP contribution in [0, 0.1) is 6.92 Å². The Morgan fingerprint density at radius 2 is 1.86 bits per heavy atom. The Bertz CT molecular complexity index is 633. The van der Waals surface area contributed by atoms with E-state index in [1.165, 1.54) is 0 Å². The lowest BCUT2D eigenvalue weighted by Crippen LogP contribution is -2.48. The Hall–Kier alpha value is -1.52. The van der Waals surface area contributed by atoms with E-state index < -0.39 is 5.60 Å². The second-order valence-corrected chi connectivity index (χ2v) is 8.12. The lowest BCUT2D eigenvalue weighted by Gasteiger charge is -2.31. The second kappa shape index (κ2) is 11.5. The van der Waals surface area contributed by atoms with E-state index in [9.17, 15) is 4.79 Å². The minimum Gasteiger partial charge on any atom is -0.444 e. The fourth-order valence-electron chi connectivity index (χ4n) is 3.12. The molecular formula is C19H35IN6O2. The lowest BCUT2D eigenvalue weighted by molar-refractivity contribution is 0.0490. The summed E-state index contributed by atoms with van der Waals surface area (Å²) in [6, 6.07) is 0.538. The number of nitrogens with one attached hydrogen (secondary N) is 3. The smallest absolute Gasteiger partial charge is 0.407 e. The van der Waals surface area contributed by atoms with Gasteiger partial charge in [0.25, 0.3) is 0 Å². The summed E-state index contributed by atoms with van der Waals surface area (Å²) in [6.07, 6.45) is 7.39. The third-order valence-electron chi connectivity index (χ3n) is 4.41. The molecule has 28 heavy (non-hydrogen) atoms. The quantitative estimate of drug-likeness (QED) is 0.325. The number of guanidine groups is 1. The first-order chi connectivity index (χ1) is 12.7. The van der Waals surface area contributed by atoms with E-state index in [4.69, 9.17) is 4.74 Å². The number of nitrogens with zero attached hydrogens (tertiary/aromatic N) is 3. The zero-order valence-electron chi connectivity index (χ0n) is 17.6. The van der Waals surface area contributed by atoms with Crippen LogP contribution in [0.4, 0.5) is 4.79 Å². The van der Waals surface area contributed by atoms with Crippen LogP contribution in [0.25, 0.3) is 0 Å². The molecule has 1 saturated carbocycles. The number of carbonyl (C=O) groups is 1. The molecule has 0 spiro atoms. The Morgan fingerprint density at radius 1 is 1.25 bits per heavy atom. The van der Waals surface area contributed by atoms with Crippen LogP contribution in [0.3, 0.4) is 0 Å². The highest BCUT2D eigenvalue weighted by Gasteiger charge is 2.25. The van der Waals surface area contributed by atoms with E-state index in [1.807, 2.05) is 44.8 Å². The van der Waals surface area contributed by atoms with Gasteiger partial charge in [-0.3, -0.25) is 9.67 Å². The molecule has 3 N–H and O–H groups in total. The predicted octanol–water partition coefficient (Wildman–Crippen LogP) is 2.81. The molecule has 160 valence electrons. The maximum absolute atomic E-state index is 11.9.